The van der Waals surface area contributed by atoms with Gasteiger partial charge < -0.3 is 9.88 Å². The van der Waals surface area contributed by atoms with Crippen LogP contribution in [0, 0.1) is 6.92 Å². The third-order valence-corrected chi connectivity index (χ3v) is 5.41. The molecule has 1 fully saturated rings. The fourth-order valence-electron chi connectivity index (χ4n) is 2.69. The molecule has 0 bridgehead atoms. The van der Waals surface area contributed by atoms with Gasteiger partial charge in [-0.2, -0.15) is 0 Å². The maximum absolute atomic E-state index is 12.4. The van der Waals surface area contributed by atoms with Crippen LogP contribution >= 0.6 is 11.8 Å². The minimum atomic E-state index is -0.186. The average molecular weight is 344 g/mol. The Morgan fingerprint density at radius 3 is 2.67 bits per heavy atom. The van der Waals surface area contributed by atoms with Crippen molar-refractivity contribution in [3.63, 3.8) is 0 Å². The molecular formula is C18H24N4OS. The summed E-state index contributed by atoms with van der Waals surface area (Å²) in [5, 5.41) is 12.1. The number of benzene rings is 1. The molecule has 1 aromatic heterocycles. The molecule has 2 aromatic rings. The van der Waals surface area contributed by atoms with Crippen molar-refractivity contribution in [2.24, 2.45) is 0 Å². The molecular weight excluding hydrogens is 320 g/mol. The maximum atomic E-state index is 12.4. The summed E-state index contributed by atoms with van der Waals surface area (Å²) in [6.45, 7) is 6.67. The van der Waals surface area contributed by atoms with Crippen LogP contribution in [0.3, 0.4) is 0 Å². The number of rotatable bonds is 7. The van der Waals surface area contributed by atoms with Crippen LogP contribution < -0.4 is 5.32 Å². The fourth-order valence-corrected chi connectivity index (χ4v) is 3.68. The second kappa shape index (κ2) is 7.38. The summed E-state index contributed by atoms with van der Waals surface area (Å²) < 4.78 is 2.17. The molecule has 1 aliphatic carbocycles. The van der Waals surface area contributed by atoms with Crippen molar-refractivity contribution in [2.45, 2.75) is 56.0 Å². The first kappa shape index (κ1) is 17.0. The Balaban J connectivity index is 1.54. The first-order valence-corrected chi connectivity index (χ1v) is 9.35. The molecule has 0 radical (unpaired) electrons. The fraction of sp³-hybridized carbons (Fsp3) is 0.500. The Bertz CT molecular complexity index is 696. The number of thioether (sulfide) groups is 1. The Hall–Kier alpha value is -1.82. The lowest BCUT2D eigenvalue weighted by atomic mass is 10.0. The van der Waals surface area contributed by atoms with Crippen LogP contribution in [0.25, 0.3) is 0 Å². The summed E-state index contributed by atoms with van der Waals surface area (Å²) in [6.07, 6.45) is 2.36. The van der Waals surface area contributed by atoms with Crippen molar-refractivity contribution in [1.82, 2.24) is 20.1 Å². The second-order valence-electron chi connectivity index (χ2n) is 6.45. The van der Waals surface area contributed by atoms with E-state index in [-0.39, 0.29) is 11.2 Å². The Kier molecular flexibility index (Phi) is 5.23. The van der Waals surface area contributed by atoms with Gasteiger partial charge in [-0.1, -0.05) is 49.0 Å². The monoisotopic (exact) mass is 344 g/mol. The van der Waals surface area contributed by atoms with Gasteiger partial charge in [0.15, 0.2) is 5.16 Å². The van der Waals surface area contributed by atoms with E-state index in [1.54, 1.807) is 0 Å². The topological polar surface area (TPSA) is 59.8 Å². The van der Waals surface area contributed by atoms with Crippen molar-refractivity contribution < 1.29 is 4.79 Å². The highest BCUT2D eigenvalue weighted by Gasteiger charge is 2.29. The van der Waals surface area contributed by atoms with Crippen molar-refractivity contribution in [2.75, 3.05) is 6.54 Å². The molecule has 1 heterocycles. The molecule has 1 amide bonds. The SMILES string of the molecule is Cc1nnc(S[C@@H](C)C(=O)NC[C@@H](C)c2ccccc2)n1C1CC1. The van der Waals surface area contributed by atoms with Gasteiger partial charge >= 0.3 is 0 Å². The predicted molar refractivity (Wildman–Crippen MR) is 96.2 cm³/mol. The van der Waals surface area contributed by atoms with Crippen molar-refractivity contribution in [3.05, 3.63) is 41.7 Å². The van der Waals surface area contributed by atoms with Gasteiger partial charge in [-0.15, -0.1) is 10.2 Å². The van der Waals surface area contributed by atoms with Crippen LogP contribution in [-0.2, 0) is 4.79 Å². The maximum Gasteiger partial charge on any atom is 0.233 e. The molecule has 1 N–H and O–H groups in total. The van der Waals surface area contributed by atoms with Crippen molar-refractivity contribution >= 4 is 17.7 Å². The second-order valence-corrected chi connectivity index (χ2v) is 7.76. The highest BCUT2D eigenvalue weighted by molar-refractivity contribution is 8.00. The predicted octanol–water partition coefficient (Wildman–Crippen LogP) is 3.32. The summed E-state index contributed by atoms with van der Waals surface area (Å²) in [6, 6.07) is 10.8. The molecule has 0 unspecified atom stereocenters. The zero-order valence-electron chi connectivity index (χ0n) is 14.4. The quantitative estimate of drug-likeness (QED) is 0.783. The first-order chi connectivity index (χ1) is 11.6. The lowest BCUT2D eigenvalue weighted by molar-refractivity contribution is -0.120. The average Bonchev–Trinajstić information content (AvgIpc) is 3.37. The van der Waals surface area contributed by atoms with Crippen LogP contribution in [0.15, 0.2) is 35.5 Å². The zero-order valence-corrected chi connectivity index (χ0v) is 15.2. The number of hydrogen-bond acceptors (Lipinski definition) is 4. The number of hydrogen-bond donors (Lipinski definition) is 1. The standard InChI is InChI=1S/C18H24N4OS/c1-12(15-7-5-4-6-8-15)11-19-17(23)13(2)24-18-21-20-14(3)22(18)16-9-10-16/h4-8,12-13,16H,9-11H2,1-3H3,(H,19,23)/t12-,13+/m1/s1. The first-order valence-electron chi connectivity index (χ1n) is 8.47. The molecule has 6 heteroatoms. The van der Waals surface area contributed by atoms with Crippen molar-refractivity contribution in [3.8, 4) is 0 Å². The summed E-state index contributed by atoms with van der Waals surface area (Å²) in [5.74, 6) is 1.28. The van der Waals surface area contributed by atoms with Gasteiger partial charge in [0, 0.05) is 12.6 Å². The number of nitrogens with zero attached hydrogens (tertiary/aromatic N) is 3. The molecule has 5 nitrogen and oxygen atoms in total. The van der Waals surface area contributed by atoms with Crippen LogP contribution in [0.1, 0.15) is 50.0 Å². The van der Waals surface area contributed by atoms with Crippen LogP contribution in [-0.4, -0.2) is 32.5 Å². The van der Waals surface area contributed by atoms with E-state index in [1.165, 1.54) is 30.2 Å². The highest BCUT2D eigenvalue weighted by atomic mass is 32.2. The Morgan fingerprint density at radius 1 is 1.29 bits per heavy atom. The van der Waals surface area contributed by atoms with E-state index in [0.29, 0.717) is 18.5 Å². The van der Waals surface area contributed by atoms with Crippen LogP contribution in [0.2, 0.25) is 0 Å². The largest absolute Gasteiger partial charge is 0.355 e. The van der Waals surface area contributed by atoms with Gasteiger partial charge in [0.05, 0.1) is 5.25 Å². The Morgan fingerprint density at radius 2 is 2.00 bits per heavy atom. The molecule has 1 saturated carbocycles. The zero-order chi connectivity index (χ0) is 17.1. The molecule has 0 aliphatic heterocycles. The molecule has 128 valence electrons. The number of carbonyl (C=O) groups is 1. The van der Waals surface area contributed by atoms with E-state index in [2.05, 4.69) is 39.1 Å². The summed E-state index contributed by atoms with van der Waals surface area (Å²) in [4.78, 5) is 12.4. The summed E-state index contributed by atoms with van der Waals surface area (Å²) in [5.41, 5.74) is 1.24. The number of aryl methyl sites for hydroxylation is 1. The smallest absolute Gasteiger partial charge is 0.233 e. The van der Waals surface area contributed by atoms with Gasteiger partial charge in [0.1, 0.15) is 5.82 Å². The third-order valence-electron chi connectivity index (χ3n) is 4.35. The summed E-state index contributed by atoms with van der Waals surface area (Å²) in [7, 11) is 0. The third kappa shape index (κ3) is 3.98. The van der Waals surface area contributed by atoms with Gasteiger partial charge in [0.2, 0.25) is 5.91 Å². The van der Waals surface area contributed by atoms with Gasteiger partial charge in [-0.05, 0) is 38.2 Å². The normalized spacial score (nSPS) is 16.6. The molecule has 2 atom stereocenters. The lowest BCUT2D eigenvalue weighted by Gasteiger charge is -2.16. The van der Waals surface area contributed by atoms with Gasteiger partial charge in [-0.25, -0.2) is 0 Å². The molecule has 0 spiro atoms. The van der Waals surface area contributed by atoms with Crippen molar-refractivity contribution in [1.29, 1.82) is 0 Å². The van der Waals surface area contributed by atoms with E-state index in [1.807, 2.05) is 32.0 Å². The van der Waals surface area contributed by atoms with Gasteiger partial charge in [-0.3, -0.25) is 4.79 Å². The molecule has 1 aromatic carbocycles. The molecule has 1 aliphatic rings. The van der Waals surface area contributed by atoms with E-state index >= 15 is 0 Å². The van der Waals surface area contributed by atoms with Crippen LogP contribution in [0.4, 0.5) is 0 Å². The minimum Gasteiger partial charge on any atom is -0.355 e. The number of carbonyl (C=O) groups excluding carboxylic acids is 1. The van der Waals surface area contributed by atoms with E-state index in [9.17, 15) is 4.79 Å². The lowest BCUT2D eigenvalue weighted by Crippen LogP contribution is -2.33. The number of amides is 1. The molecule has 24 heavy (non-hydrogen) atoms. The highest BCUT2D eigenvalue weighted by Crippen LogP contribution is 2.39. The number of aromatic nitrogens is 3. The minimum absolute atomic E-state index is 0.0470. The van der Waals surface area contributed by atoms with E-state index in [4.69, 9.17) is 0 Å². The van der Waals surface area contributed by atoms with Crippen LogP contribution in [0.5, 0.6) is 0 Å². The van der Waals surface area contributed by atoms with E-state index in [0.717, 1.165) is 11.0 Å². The summed E-state index contributed by atoms with van der Waals surface area (Å²) >= 11 is 1.49. The number of nitrogens with one attached hydrogen (secondary N) is 1. The Labute approximate surface area is 147 Å². The molecule has 3 rings (SSSR count). The molecule has 0 saturated heterocycles. The van der Waals surface area contributed by atoms with E-state index < -0.39 is 0 Å². The van der Waals surface area contributed by atoms with Gasteiger partial charge in [0.25, 0.3) is 0 Å².